The van der Waals surface area contributed by atoms with E-state index in [9.17, 15) is 17.7 Å². The van der Waals surface area contributed by atoms with Gasteiger partial charge in [-0.05, 0) is 26.3 Å². The molecule has 1 aromatic heterocycles. The normalized spacial score (nSPS) is 22.9. The summed E-state index contributed by atoms with van der Waals surface area (Å²) >= 11 is 0. The van der Waals surface area contributed by atoms with Crippen molar-refractivity contribution in [2.75, 3.05) is 6.61 Å². The Hall–Kier alpha value is -1.89. The Balaban J connectivity index is 0.000000390. The van der Waals surface area contributed by atoms with Crippen LogP contribution in [0, 0.1) is 12.3 Å². The summed E-state index contributed by atoms with van der Waals surface area (Å²) < 4.78 is 52.0. The Bertz CT molecular complexity index is 509. The average Bonchev–Trinajstić information content (AvgIpc) is 2.53. The number of ether oxygens (including phenoxy) is 1. The van der Waals surface area contributed by atoms with Crippen molar-refractivity contribution in [2.45, 2.75) is 44.8 Å². The Kier molecular flexibility index (Phi) is 9.95. The molecule has 0 radical (unpaired) electrons. The third-order valence-electron chi connectivity index (χ3n) is 2.76. The van der Waals surface area contributed by atoms with Gasteiger partial charge < -0.3 is 14.9 Å². The van der Waals surface area contributed by atoms with Gasteiger partial charge >= 0.3 is 6.18 Å². The molecule has 9 heteroatoms. The van der Waals surface area contributed by atoms with Gasteiger partial charge in [-0.3, -0.25) is 4.94 Å². The van der Waals surface area contributed by atoms with Crippen molar-refractivity contribution in [3.8, 4) is 18.2 Å². The number of aliphatic hydroxyl groups is 2. The van der Waals surface area contributed by atoms with E-state index in [1.54, 1.807) is 13.8 Å². The van der Waals surface area contributed by atoms with Crippen LogP contribution in [0.1, 0.15) is 26.0 Å². The molecule has 136 valence electrons. The van der Waals surface area contributed by atoms with Crippen molar-refractivity contribution >= 4 is 0 Å². The zero-order valence-electron chi connectivity index (χ0n) is 13.1. The second-order valence-electron chi connectivity index (χ2n) is 4.65. The van der Waals surface area contributed by atoms with Crippen LogP contribution in [0.2, 0.25) is 0 Å². The number of pyridine rings is 1. The molecule has 2 N–H and O–H groups in total. The highest BCUT2D eigenvalue weighted by Crippen LogP contribution is 2.28. The SMILES string of the molecule is C#CC.CC1OCCC(O)C1O.FOc1cccc(C(F)(F)F)n1. The lowest BCUT2D eigenvalue weighted by Gasteiger charge is -2.29. The Morgan fingerprint density at radius 3 is 2.38 bits per heavy atom. The Morgan fingerprint density at radius 2 is 1.96 bits per heavy atom. The van der Waals surface area contributed by atoms with Gasteiger partial charge in [0.25, 0.3) is 5.88 Å². The summed E-state index contributed by atoms with van der Waals surface area (Å²) in [6.07, 6.45) is -0.929. The molecule has 0 aromatic carbocycles. The van der Waals surface area contributed by atoms with E-state index in [-0.39, 0.29) is 6.10 Å². The fourth-order valence-electron chi connectivity index (χ4n) is 1.57. The fraction of sp³-hybridized carbons (Fsp3) is 0.533. The molecule has 2 rings (SSSR count). The number of aliphatic hydroxyl groups excluding tert-OH is 2. The number of hydrogen-bond donors (Lipinski definition) is 2. The molecule has 1 aliphatic heterocycles. The van der Waals surface area contributed by atoms with Crippen LogP contribution in [0.15, 0.2) is 18.2 Å². The molecular weight excluding hydrogens is 334 g/mol. The number of alkyl halides is 3. The molecular formula is C15H19F4NO4. The Labute approximate surface area is 137 Å². The van der Waals surface area contributed by atoms with Crippen molar-refractivity contribution in [3.05, 3.63) is 23.9 Å². The minimum atomic E-state index is -4.57. The zero-order valence-corrected chi connectivity index (χ0v) is 13.1. The first kappa shape index (κ1) is 22.1. The molecule has 5 nitrogen and oxygen atoms in total. The van der Waals surface area contributed by atoms with Gasteiger partial charge in [-0.2, -0.15) is 13.2 Å². The molecule has 3 atom stereocenters. The molecule has 3 unspecified atom stereocenters. The second kappa shape index (κ2) is 10.8. The molecule has 1 fully saturated rings. The van der Waals surface area contributed by atoms with E-state index in [0.717, 1.165) is 18.2 Å². The topological polar surface area (TPSA) is 71.8 Å². The van der Waals surface area contributed by atoms with Gasteiger partial charge in [-0.15, -0.1) is 12.3 Å². The van der Waals surface area contributed by atoms with E-state index in [1.165, 1.54) is 0 Å². The molecule has 0 amide bonds. The maximum atomic E-state index is 11.9. The lowest BCUT2D eigenvalue weighted by molar-refractivity contribution is -0.142. The van der Waals surface area contributed by atoms with E-state index in [0.29, 0.717) is 13.0 Å². The smallest absolute Gasteiger partial charge is 0.390 e. The van der Waals surface area contributed by atoms with E-state index in [4.69, 9.17) is 14.9 Å². The van der Waals surface area contributed by atoms with Crippen LogP contribution in [0.3, 0.4) is 0 Å². The lowest BCUT2D eigenvalue weighted by Crippen LogP contribution is -2.42. The van der Waals surface area contributed by atoms with Crippen molar-refractivity contribution in [2.24, 2.45) is 0 Å². The summed E-state index contributed by atoms with van der Waals surface area (Å²) in [7, 11) is 0. The maximum Gasteiger partial charge on any atom is 0.433 e. The minimum Gasteiger partial charge on any atom is -0.390 e. The van der Waals surface area contributed by atoms with Crippen molar-refractivity contribution < 1.29 is 37.6 Å². The number of rotatable bonds is 1. The highest BCUT2D eigenvalue weighted by Gasteiger charge is 2.32. The van der Waals surface area contributed by atoms with Crippen LogP contribution in [0.5, 0.6) is 5.88 Å². The van der Waals surface area contributed by atoms with Gasteiger partial charge in [0.1, 0.15) is 11.8 Å². The van der Waals surface area contributed by atoms with E-state index in [2.05, 4.69) is 22.3 Å². The molecule has 0 spiro atoms. The van der Waals surface area contributed by atoms with Gasteiger partial charge in [0.15, 0.2) is 0 Å². The molecule has 1 saturated heterocycles. The summed E-state index contributed by atoms with van der Waals surface area (Å²) in [4.78, 5) is 5.88. The summed E-state index contributed by atoms with van der Waals surface area (Å²) in [5, 5.41) is 18.1. The molecule has 24 heavy (non-hydrogen) atoms. The van der Waals surface area contributed by atoms with Crippen LogP contribution in [-0.4, -0.2) is 40.1 Å². The predicted octanol–water partition coefficient (Wildman–Crippen LogP) is 2.52. The lowest BCUT2D eigenvalue weighted by atomic mass is 10.0. The molecule has 1 aromatic rings. The minimum absolute atomic E-state index is 0.214. The average molecular weight is 353 g/mol. The summed E-state index contributed by atoms with van der Waals surface area (Å²) in [6, 6.07) is 2.71. The van der Waals surface area contributed by atoms with Crippen molar-refractivity contribution in [1.29, 1.82) is 0 Å². The largest absolute Gasteiger partial charge is 0.433 e. The van der Waals surface area contributed by atoms with Crippen molar-refractivity contribution in [3.63, 3.8) is 0 Å². The predicted molar refractivity (Wildman–Crippen MR) is 77.5 cm³/mol. The summed E-state index contributed by atoms with van der Waals surface area (Å²) in [6.45, 7) is 3.96. The highest BCUT2D eigenvalue weighted by molar-refractivity contribution is 5.17. The van der Waals surface area contributed by atoms with E-state index >= 15 is 0 Å². The molecule has 1 aliphatic rings. The van der Waals surface area contributed by atoms with Crippen LogP contribution >= 0.6 is 0 Å². The van der Waals surface area contributed by atoms with E-state index < -0.39 is 30.0 Å². The molecule has 2 heterocycles. The Morgan fingerprint density at radius 1 is 1.38 bits per heavy atom. The summed E-state index contributed by atoms with van der Waals surface area (Å²) in [5.41, 5.74) is -1.18. The van der Waals surface area contributed by atoms with Crippen molar-refractivity contribution in [1.82, 2.24) is 4.98 Å². The quantitative estimate of drug-likeness (QED) is 0.600. The van der Waals surface area contributed by atoms with Gasteiger partial charge in [-0.1, -0.05) is 6.07 Å². The molecule has 0 aliphatic carbocycles. The number of terminal acetylenes is 1. The first-order valence-electron chi connectivity index (χ1n) is 6.85. The number of aromatic nitrogens is 1. The maximum absolute atomic E-state index is 11.9. The van der Waals surface area contributed by atoms with Gasteiger partial charge in [0, 0.05) is 17.2 Å². The zero-order chi connectivity index (χ0) is 18.8. The van der Waals surface area contributed by atoms with Crippen LogP contribution < -0.4 is 4.94 Å². The monoisotopic (exact) mass is 353 g/mol. The second-order valence-corrected chi connectivity index (χ2v) is 4.65. The highest BCUT2D eigenvalue weighted by atomic mass is 19.4. The van der Waals surface area contributed by atoms with Gasteiger partial charge in [0.2, 0.25) is 0 Å². The number of halogens is 4. The standard InChI is InChI=1S/C6H3F4NO.C6H12O3.C3H4/c7-6(8,9)4-2-1-3-5(11-4)12-10;1-4-6(8)5(7)2-3-9-4;1-3-2/h1-3H;4-8H,2-3H2,1H3;1H,2H3. The fourth-order valence-corrected chi connectivity index (χ4v) is 1.57. The number of nitrogens with zero attached hydrogens (tertiary/aromatic N) is 1. The molecule has 0 saturated carbocycles. The first-order chi connectivity index (χ1) is 11.2. The summed E-state index contributed by atoms with van der Waals surface area (Å²) in [5.74, 6) is 1.55. The third-order valence-corrected chi connectivity index (χ3v) is 2.76. The van der Waals surface area contributed by atoms with Crippen LogP contribution in [-0.2, 0) is 10.9 Å². The van der Waals surface area contributed by atoms with Gasteiger partial charge in [-0.25, -0.2) is 4.98 Å². The van der Waals surface area contributed by atoms with Crippen LogP contribution in [0.25, 0.3) is 0 Å². The van der Waals surface area contributed by atoms with Crippen LogP contribution in [0.4, 0.5) is 17.7 Å². The number of hydrogen-bond acceptors (Lipinski definition) is 5. The third kappa shape index (κ3) is 8.10. The van der Waals surface area contributed by atoms with Gasteiger partial charge in [0.05, 0.1) is 12.2 Å². The molecule has 0 bridgehead atoms. The van der Waals surface area contributed by atoms with E-state index in [1.807, 2.05) is 0 Å². The first-order valence-corrected chi connectivity index (χ1v) is 6.85.